The lowest BCUT2D eigenvalue weighted by atomic mass is 10.2. The zero-order chi connectivity index (χ0) is 14.8. The molecule has 0 spiro atoms. The molecule has 0 radical (unpaired) electrons. The molecular weight excluding hydrogens is 275 g/mol. The molecule has 2 N–H and O–H groups in total. The Morgan fingerprint density at radius 2 is 2.10 bits per heavy atom. The van der Waals surface area contributed by atoms with E-state index in [0.29, 0.717) is 17.1 Å². The van der Waals surface area contributed by atoms with Crippen LogP contribution in [0, 0.1) is 5.82 Å². The van der Waals surface area contributed by atoms with Crippen LogP contribution in [0.2, 0.25) is 0 Å². The van der Waals surface area contributed by atoms with Gasteiger partial charge >= 0.3 is 0 Å². The summed E-state index contributed by atoms with van der Waals surface area (Å²) in [5.74, 6) is -0.624. The summed E-state index contributed by atoms with van der Waals surface area (Å²) in [6.07, 6.45) is 0. The number of hydrogen-bond acceptors (Lipinski definition) is 3. The van der Waals surface area contributed by atoms with Crippen LogP contribution in [-0.2, 0) is 4.79 Å². The summed E-state index contributed by atoms with van der Waals surface area (Å²) in [5.41, 5.74) is 1.19. The average molecular weight is 286 g/mol. The topological polar surface area (TPSA) is 67.4 Å². The van der Waals surface area contributed by atoms with Gasteiger partial charge in [0.15, 0.2) is 6.61 Å². The lowest BCUT2D eigenvalue weighted by Gasteiger charge is -2.18. The highest BCUT2D eigenvalue weighted by Crippen LogP contribution is 2.30. The van der Waals surface area contributed by atoms with Crippen molar-refractivity contribution in [1.82, 2.24) is 0 Å². The monoisotopic (exact) mass is 286 g/mol. The lowest BCUT2D eigenvalue weighted by Crippen LogP contribution is -2.25. The summed E-state index contributed by atoms with van der Waals surface area (Å²) in [6, 6.07) is 10.3. The van der Waals surface area contributed by atoms with Crippen molar-refractivity contribution in [2.45, 2.75) is 0 Å². The van der Waals surface area contributed by atoms with Crippen LogP contribution in [0.3, 0.4) is 0 Å². The van der Waals surface area contributed by atoms with Crippen molar-refractivity contribution < 1.29 is 18.7 Å². The highest BCUT2D eigenvalue weighted by atomic mass is 19.1. The first-order valence-corrected chi connectivity index (χ1v) is 6.25. The number of carbonyl (C=O) groups is 2. The molecule has 0 aliphatic carbocycles. The van der Waals surface area contributed by atoms with E-state index >= 15 is 0 Å². The van der Waals surface area contributed by atoms with Gasteiger partial charge in [-0.2, -0.15) is 0 Å². The number of anilines is 2. The number of hydrogen-bond donors (Lipinski definition) is 2. The summed E-state index contributed by atoms with van der Waals surface area (Å²) >= 11 is 0. The van der Waals surface area contributed by atoms with Crippen LogP contribution in [0.4, 0.5) is 15.8 Å². The molecule has 6 heteroatoms. The van der Waals surface area contributed by atoms with E-state index in [1.165, 1.54) is 18.2 Å². The first-order valence-electron chi connectivity index (χ1n) is 6.25. The fraction of sp³-hybridized carbons (Fsp3) is 0.0667. The fourth-order valence-corrected chi connectivity index (χ4v) is 1.99. The van der Waals surface area contributed by atoms with E-state index in [9.17, 15) is 14.0 Å². The number of amides is 2. The molecule has 0 unspecified atom stereocenters. The maximum atomic E-state index is 13.1. The minimum absolute atomic E-state index is 0.0258. The van der Waals surface area contributed by atoms with Crippen LogP contribution in [0.5, 0.6) is 5.75 Å². The number of ether oxygens (including phenoxy) is 1. The Labute approximate surface area is 119 Å². The molecule has 2 aromatic carbocycles. The first kappa shape index (κ1) is 13.1. The SMILES string of the molecule is O=C1COc2ccc(NC(=O)c3cccc(F)c3)cc2N1. The Morgan fingerprint density at radius 3 is 2.90 bits per heavy atom. The van der Waals surface area contributed by atoms with Gasteiger partial charge < -0.3 is 15.4 Å². The molecule has 2 amide bonds. The zero-order valence-electron chi connectivity index (χ0n) is 10.9. The van der Waals surface area contributed by atoms with Crippen LogP contribution in [0.25, 0.3) is 0 Å². The minimum atomic E-state index is -0.478. The number of benzene rings is 2. The van der Waals surface area contributed by atoms with Gasteiger partial charge in [-0.05, 0) is 36.4 Å². The number of rotatable bonds is 2. The highest BCUT2D eigenvalue weighted by Gasteiger charge is 2.16. The molecule has 1 aliphatic heterocycles. The van der Waals surface area contributed by atoms with Crippen LogP contribution in [0.15, 0.2) is 42.5 Å². The molecule has 1 aliphatic rings. The summed E-state index contributed by atoms with van der Waals surface area (Å²) in [5, 5.41) is 5.29. The number of nitrogens with one attached hydrogen (secondary N) is 2. The highest BCUT2D eigenvalue weighted by molar-refractivity contribution is 6.05. The van der Waals surface area contributed by atoms with E-state index in [4.69, 9.17) is 4.74 Å². The molecule has 0 fully saturated rings. The molecular formula is C15H11FN2O3. The zero-order valence-corrected chi connectivity index (χ0v) is 10.9. The van der Waals surface area contributed by atoms with Gasteiger partial charge in [0.1, 0.15) is 11.6 Å². The Bertz CT molecular complexity index is 731. The molecule has 0 aromatic heterocycles. The van der Waals surface area contributed by atoms with Crippen molar-refractivity contribution in [3.05, 3.63) is 53.8 Å². The van der Waals surface area contributed by atoms with E-state index in [-0.39, 0.29) is 18.1 Å². The lowest BCUT2D eigenvalue weighted by molar-refractivity contribution is -0.118. The molecule has 21 heavy (non-hydrogen) atoms. The fourth-order valence-electron chi connectivity index (χ4n) is 1.99. The van der Waals surface area contributed by atoms with Crippen molar-refractivity contribution in [1.29, 1.82) is 0 Å². The third kappa shape index (κ3) is 2.84. The molecule has 0 atom stereocenters. The van der Waals surface area contributed by atoms with Gasteiger partial charge in [-0.1, -0.05) is 6.07 Å². The van der Waals surface area contributed by atoms with Crippen molar-refractivity contribution in [3.8, 4) is 5.75 Å². The second-order valence-electron chi connectivity index (χ2n) is 4.51. The number of fused-ring (bicyclic) bond motifs is 1. The van der Waals surface area contributed by atoms with E-state index in [0.717, 1.165) is 6.07 Å². The van der Waals surface area contributed by atoms with Crippen LogP contribution >= 0.6 is 0 Å². The van der Waals surface area contributed by atoms with Crippen molar-refractivity contribution in [2.24, 2.45) is 0 Å². The Kier molecular flexibility index (Phi) is 3.27. The van der Waals surface area contributed by atoms with Crippen molar-refractivity contribution in [3.63, 3.8) is 0 Å². The molecule has 3 rings (SSSR count). The number of carbonyl (C=O) groups excluding carboxylic acids is 2. The largest absolute Gasteiger partial charge is 0.482 e. The maximum absolute atomic E-state index is 13.1. The van der Waals surface area contributed by atoms with Gasteiger partial charge in [0.25, 0.3) is 11.8 Å². The second-order valence-corrected chi connectivity index (χ2v) is 4.51. The third-order valence-corrected chi connectivity index (χ3v) is 2.96. The Morgan fingerprint density at radius 1 is 1.24 bits per heavy atom. The van der Waals surface area contributed by atoms with Gasteiger partial charge in [0.2, 0.25) is 0 Å². The molecule has 0 saturated heterocycles. The van der Waals surface area contributed by atoms with Crippen molar-refractivity contribution in [2.75, 3.05) is 17.2 Å². The molecule has 0 bridgehead atoms. The van der Waals surface area contributed by atoms with E-state index in [2.05, 4.69) is 10.6 Å². The van der Waals surface area contributed by atoms with Gasteiger partial charge in [0.05, 0.1) is 5.69 Å². The van der Waals surface area contributed by atoms with Gasteiger partial charge in [-0.3, -0.25) is 9.59 Å². The van der Waals surface area contributed by atoms with Crippen LogP contribution in [-0.4, -0.2) is 18.4 Å². The molecule has 106 valence electrons. The summed E-state index contributed by atoms with van der Waals surface area (Å²) in [4.78, 5) is 23.3. The normalized spacial score (nSPS) is 12.9. The van der Waals surface area contributed by atoms with Crippen LogP contribution in [0.1, 0.15) is 10.4 Å². The van der Waals surface area contributed by atoms with Gasteiger partial charge in [0, 0.05) is 11.3 Å². The van der Waals surface area contributed by atoms with E-state index in [1.54, 1.807) is 18.2 Å². The van der Waals surface area contributed by atoms with Crippen molar-refractivity contribution >= 4 is 23.2 Å². The average Bonchev–Trinajstić information content (AvgIpc) is 2.46. The quantitative estimate of drug-likeness (QED) is 0.891. The van der Waals surface area contributed by atoms with Gasteiger partial charge in [-0.25, -0.2) is 4.39 Å². The second kappa shape index (κ2) is 5.24. The molecule has 1 heterocycles. The summed E-state index contributed by atoms with van der Waals surface area (Å²) < 4.78 is 18.3. The third-order valence-electron chi connectivity index (χ3n) is 2.96. The van der Waals surface area contributed by atoms with Gasteiger partial charge in [-0.15, -0.1) is 0 Å². The first-order chi connectivity index (χ1) is 10.1. The van der Waals surface area contributed by atoms with E-state index < -0.39 is 11.7 Å². The number of halogens is 1. The summed E-state index contributed by atoms with van der Waals surface area (Å²) in [6.45, 7) is -0.0258. The molecule has 0 saturated carbocycles. The Balaban J connectivity index is 1.80. The minimum Gasteiger partial charge on any atom is -0.482 e. The Hall–Kier alpha value is -2.89. The summed E-state index contributed by atoms with van der Waals surface area (Å²) in [7, 11) is 0. The van der Waals surface area contributed by atoms with Crippen LogP contribution < -0.4 is 15.4 Å². The standard InChI is InChI=1S/C15H11FN2O3/c16-10-3-1-2-9(6-10)15(20)17-11-4-5-13-12(7-11)18-14(19)8-21-13/h1-7H,8H2,(H,17,20)(H,18,19). The predicted molar refractivity (Wildman–Crippen MR) is 74.9 cm³/mol. The molecule has 5 nitrogen and oxygen atoms in total. The molecule has 2 aromatic rings. The smallest absolute Gasteiger partial charge is 0.262 e. The maximum Gasteiger partial charge on any atom is 0.262 e. The van der Waals surface area contributed by atoms with E-state index in [1.807, 2.05) is 0 Å². The predicted octanol–water partition coefficient (Wildman–Crippen LogP) is 2.41.